The van der Waals surface area contributed by atoms with Crippen LogP contribution >= 0.6 is 11.8 Å². The monoisotopic (exact) mass is 436 g/mol. The summed E-state index contributed by atoms with van der Waals surface area (Å²) in [5.41, 5.74) is 3.88. The molecular weight excluding hydrogens is 412 g/mol. The van der Waals surface area contributed by atoms with Gasteiger partial charge >= 0.3 is 0 Å². The molecule has 4 rings (SSSR count). The van der Waals surface area contributed by atoms with Crippen LogP contribution in [0.15, 0.2) is 53.7 Å². The van der Waals surface area contributed by atoms with Crippen molar-refractivity contribution < 1.29 is 14.3 Å². The third-order valence-corrected chi connectivity index (χ3v) is 6.18. The highest BCUT2D eigenvalue weighted by Crippen LogP contribution is 2.29. The van der Waals surface area contributed by atoms with Gasteiger partial charge in [0.05, 0.1) is 25.0 Å². The topological polar surface area (TPSA) is 77.8 Å². The predicted octanol–water partition coefficient (Wildman–Crippen LogP) is 4.01. The molecule has 0 spiro atoms. The maximum atomic E-state index is 12.7. The zero-order chi connectivity index (χ0) is 22.0. The Morgan fingerprint density at radius 2 is 1.87 bits per heavy atom. The number of para-hydroxylation sites is 1. The van der Waals surface area contributed by atoms with Gasteiger partial charge in [0.1, 0.15) is 0 Å². The normalized spacial score (nSPS) is 12.1. The molecular formula is C23H24N4O3S. The zero-order valence-electron chi connectivity index (χ0n) is 17.9. The van der Waals surface area contributed by atoms with Crippen molar-refractivity contribution >= 4 is 34.2 Å². The SMILES string of the molecule is COc1ccc(CNC(=O)C(C)Sc2nnc3cc(C)c4ccccc4n23)cc1OC. The standard InChI is InChI=1S/C23H24N4O3S/c1-14-11-21-25-26-23(27(21)18-8-6-5-7-17(14)18)31-15(2)22(28)24-13-16-9-10-19(29-3)20(12-16)30-4/h5-12,15H,13H2,1-4H3,(H,24,28). The summed E-state index contributed by atoms with van der Waals surface area (Å²) in [5, 5.41) is 13.1. The number of pyridine rings is 1. The summed E-state index contributed by atoms with van der Waals surface area (Å²) in [6.45, 7) is 4.33. The average molecular weight is 437 g/mol. The Hall–Kier alpha value is -3.26. The first kappa shape index (κ1) is 21.0. The van der Waals surface area contributed by atoms with E-state index in [1.165, 1.54) is 11.8 Å². The molecule has 1 amide bonds. The van der Waals surface area contributed by atoms with E-state index in [1.54, 1.807) is 14.2 Å². The first-order valence-corrected chi connectivity index (χ1v) is 10.8. The number of aromatic nitrogens is 3. The average Bonchev–Trinajstić information content (AvgIpc) is 3.19. The highest BCUT2D eigenvalue weighted by atomic mass is 32.2. The number of aryl methyl sites for hydroxylation is 1. The van der Waals surface area contributed by atoms with Crippen LogP contribution in [-0.2, 0) is 11.3 Å². The second-order valence-electron chi connectivity index (χ2n) is 7.19. The summed E-state index contributed by atoms with van der Waals surface area (Å²) >= 11 is 1.39. The fraction of sp³-hybridized carbons (Fsp3) is 0.261. The van der Waals surface area contributed by atoms with Crippen LogP contribution in [0.5, 0.6) is 11.5 Å². The van der Waals surface area contributed by atoms with Crippen molar-refractivity contribution in [3.05, 3.63) is 59.7 Å². The highest BCUT2D eigenvalue weighted by molar-refractivity contribution is 8.00. The van der Waals surface area contributed by atoms with E-state index >= 15 is 0 Å². The molecule has 0 fully saturated rings. The molecule has 31 heavy (non-hydrogen) atoms. The molecule has 0 aliphatic carbocycles. The van der Waals surface area contributed by atoms with Gasteiger partial charge in [0.15, 0.2) is 22.3 Å². The Morgan fingerprint density at radius 1 is 1.10 bits per heavy atom. The number of methoxy groups -OCH3 is 2. The van der Waals surface area contributed by atoms with Gasteiger partial charge in [-0.15, -0.1) is 10.2 Å². The van der Waals surface area contributed by atoms with Gasteiger partial charge in [-0.25, -0.2) is 0 Å². The largest absolute Gasteiger partial charge is 0.493 e. The minimum atomic E-state index is -0.340. The number of thioether (sulfide) groups is 1. The van der Waals surface area contributed by atoms with E-state index in [0.717, 1.165) is 27.7 Å². The van der Waals surface area contributed by atoms with E-state index in [2.05, 4.69) is 28.5 Å². The highest BCUT2D eigenvalue weighted by Gasteiger charge is 2.19. The molecule has 7 nitrogen and oxygen atoms in total. The first-order valence-electron chi connectivity index (χ1n) is 9.90. The van der Waals surface area contributed by atoms with E-state index in [0.29, 0.717) is 23.2 Å². The van der Waals surface area contributed by atoms with Crippen LogP contribution in [0.25, 0.3) is 16.6 Å². The quantitative estimate of drug-likeness (QED) is 0.441. The Balaban J connectivity index is 1.50. The van der Waals surface area contributed by atoms with Crippen molar-refractivity contribution in [3.8, 4) is 11.5 Å². The van der Waals surface area contributed by atoms with Crippen molar-refractivity contribution in [2.45, 2.75) is 30.8 Å². The van der Waals surface area contributed by atoms with E-state index in [9.17, 15) is 4.79 Å². The molecule has 1 atom stereocenters. The van der Waals surface area contributed by atoms with Gasteiger partial charge in [-0.05, 0) is 49.2 Å². The molecule has 0 saturated heterocycles. The van der Waals surface area contributed by atoms with Crippen LogP contribution in [0, 0.1) is 6.92 Å². The first-order chi connectivity index (χ1) is 15.0. The smallest absolute Gasteiger partial charge is 0.233 e. The summed E-state index contributed by atoms with van der Waals surface area (Å²) in [4.78, 5) is 12.7. The van der Waals surface area contributed by atoms with Crippen LogP contribution in [0.3, 0.4) is 0 Å². The van der Waals surface area contributed by atoms with Gasteiger partial charge in [0, 0.05) is 11.9 Å². The lowest BCUT2D eigenvalue weighted by atomic mass is 10.1. The van der Waals surface area contributed by atoms with Gasteiger partial charge in [-0.1, -0.05) is 36.0 Å². The van der Waals surface area contributed by atoms with Gasteiger partial charge in [0.2, 0.25) is 5.91 Å². The molecule has 4 aromatic rings. The van der Waals surface area contributed by atoms with Gasteiger partial charge in [-0.3, -0.25) is 9.20 Å². The van der Waals surface area contributed by atoms with Gasteiger partial charge in [0.25, 0.3) is 0 Å². The fourth-order valence-electron chi connectivity index (χ4n) is 3.49. The minimum Gasteiger partial charge on any atom is -0.493 e. The van der Waals surface area contributed by atoms with Crippen LogP contribution in [0.1, 0.15) is 18.1 Å². The van der Waals surface area contributed by atoms with Crippen molar-refractivity contribution in [1.29, 1.82) is 0 Å². The van der Waals surface area contributed by atoms with Crippen molar-refractivity contribution in [2.24, 2.45) is 0 Å². The molecule has 2 aromatic carbocycles. The van der Waals surface area contributed by atoms with Crippen molar-refractivity contribution in [1.82, 2.24) is 19.9 Å². The number of carbonyl (C=O) groups is 1. The van der Waals surface area contributed by atoms with Crippen LogP contribution in [0.4, 0.5) is 0 Å². The number of benzene rings is 2. The second-order valence-corrected chi connectivity index (χ2v) is 8.50. The molecule has 0 saturated carbocycles. The summed E-state index contributed by atoms with van der Waals surface area (Å²) in [5.74, 6) is 1.21. The van der Waals surface area contributed by atoms with E-state index < -0.39 is 0 Å². The number of ether oxygens (including phenoxy) is 2. The molecule has 8 heteroatoms. The Bertz CT molecular complexity index is 1250. The summed E-state index contributed by atoms with van der Waals surface area (Å²) < 4.78 is 12.6. The van der Waals surface area contributed by atoms with Crippen LogP contribution < -0.4 is 14.8 Å². The fourth-order valence-corrected chi connectivity index (χ4v) is 4.38. The number of nitrogens with one attached hydrogen (secondary N) is 1. The maximum absolute atomic E-state index is 12.7. The summed E-state index contributed by atoms with van der Waals surface area (Å²) in [7, 11) is 3.18. The van der Waals surface area contributed by atoms with E-state index in [-0.39, 0.29) is 11.2 Å². The van der Waals surface area contributed by atoms with Crippen molar-refractivity contribution in [3.63, 3.8) is 0 Å². The lowest BCUT2D eigenvalue weighted by Gasteiger charge is -2.13. The molecule has 0 aliphatic heterocycles. The predicted molar refractivity (Wildman–Crippen MR) is 122 cm³/mol. The van der Waals surface area contributed by atoms with Gasteiger partial charge in [-0.2, -0.15) is 0 Å². The number of nitrogens with zero attached hydrogens (tertiary/aromatic N) is 3. The van der Waals surface area contributed by atoms with E-state index in [4.69, 9.17) is 9.47 Å². The molecule has 2 aromatic heterocycles. The molecule has 1 unspecified atom stereocenters. The number of hydrogen-bond donors (Lipinski definition) is 1. The van der Waals surface area contributed by atoms with Crippen LogP contribution in [0.2, 0.25) is 0 Å². The minimum absolute atomic E-state index is 0.0760. The third-order valence-electron chi connectivity index (χ3n) is 5.14. The summed E-state index contributed by atoms with van der Waals surface area (Å²) in [6.07, 6.45) is 0. The molecule has 1 N–H and O–H groups in total. The number of rotatable bonds is 7. The maximum Gasteiger partial charge on any atom is 0.233 e. The number of hydrogen-bond acceptors (Lipinski definition) is 6. The van der Waals surface area contributed by atoms with Gasteiger partial charge < -0.3 is 14.8 Å². The summed E-state index contributed by atoms with van der Waals surface area (Å²) in [6, 6.07) is 15.7. The molecule has 0 aliphatic rings. The molecule has 0 radical (unpaired) electrons. The molecule has 0 bridgehead atoms. The second kappa shape index (κ2) is 8.85. The lowest BCUT2D eigenvalue weighted by molar-refractivity contribution is -0.120. The molecule has 160 valence electrons. The lowest BCUT2D eigenvalue weighted by Crippen LogP contribution is -2.30. The number of amides is 1. The number of fused-ring (bicyclic) bond motifs is 3. The Labute approximate surface area is 184 Å². The van der Waals surface area contributed by atoms with E-state index in [1.807, 2.05) is 53.8 Å². The third kappa shape index (κ3) is 4.16. The molecule has 2 heterocycles. The van der Waals surface area contributed by atoms with Crippen molar-refractivity contribution in [2.75, 3.05) is 14.2 Å². The zero-order valence-corrected chi connectivity index (χ0v) is 18.7. The van der Waals surface area contributed by atoms with Crippen LogP contribution in [-0.4, -0.2) is 40.0 Å². The Kier molecular flexibility index (Phi) is 5.99. The Morgan fingerprint density at radius 3 is 2.65 bits per heavy atom. The number of carbonyl (C=O) groups excluding carboxylic acids is 1.